The van der Waals surface area contributed by atoms with Crippen molar-refractivity contribution >= 4 is 28.0 Å². The van der Waals surface area contributed by atoms with Crippen molar-refractivity contribution in [2.24, 2.45) is 7.05 Å². The summed E-state index contributed by atoms with van der Waals surface area (Å²) in [4.78, 5) is 14.7. The number of alkyl halides is 3. The molecule has 0 aliphatic heterocycles. The van der Waals surface area contributed by atoms with Gasteiger partial charge in [-0.25, -0.2) is 14.5 Å². The molecule has 1 aromatic carbocycles. The summed E-state index contributed by atoms with van der Waals surface area (Å²) in [7, 11) is 1.64. The maximum atomic E-state index is 12.8. The lowest BCUT2D eigenvalue weighted by Crippen LogP contribution is -2.08. The molecule has 0 radical (unpaired) electrons. The zero-order valence-electron chi connectivity index (χ0n) is 13.2. The molecule has 4 aromatic rings. The van der Waals surface area contributed by atoms with E-state index < -0.39 is 17.8 Å². The SMILES string of the molecule is Cn1nnc2c3cc(C(=O)O)ccc3n(-c3ccc(C(F)(F)F)nc3)c21. The topological polar surface area (TPSA) is 85.8 Å². The molecule has 26 heavy (non-hydrogen) atoms. The van der Waals surface area contributed by atoms with Gasteiger partial charge >= 0.3 is 12.1 Å². The maximum Gasteiger partial charge on any atom is 0.433 e. The van der Waals surface area contributed by atoms with Crippen molar-refractivity contribution in [2.75, 3.05) is 0 Å². The number of carbonyl (C=O) groups is 1. The molecule has 7 nitrogen and oxygen atoms in total. The third kappa shape index (κ3) is 2.30. The van der Waals surface area contributed by atoms with E-state index >= 15 is 0 Å². The standard InChI is InChI=1S/C16H10F3N5O2/c1-23-14-13(21-22-23)10-6-8(15(25)26)2-4-11(10)24(14)9-3-5-12(20-7-9)16(17,18)19/h2-7H,1H3,(H,25,26). The van der Waals surface area contributed by atoms with Crippen LogP contribution in [0.3, 0.4) is 0 Å². The molecular formula is C16H10F3N5O2. The number of carboxylic acid groups (broad SMARTS) is 1. The average molecular weight is 361 g/mol. The minimum atomic E-state index is -4.53. The molecule has 4 rings (SSSR count). The van der Waals surface area contributed by atoms with Gasteiger partial charge in [-0.05, 0) is 30.3 Å². The summed E-state index contributed by atoms with van der Waals surface area (Å²) in [5.74, 6) is -1.09. The van der Waals surface area contributed by atoms with Gasteiger partial charge in [0, 0.05) is 12.4 Å². The molecule has 0 atom stereocenters. The van der Waals surface area contributed by atoms with Gasteiger partial charge in [0.15, 0.2) is 5.65 Å². The van der Waals surface area contributed by atoms with Crippen LogP contribution in [0.2, 0.25) is 0 Å². The number of rotatable bonds is 2. The van der Waals surface area contributed by atoms with E-state index in [2.05, 4.69) is 15.3 Å². The molecule has 0 aliphatic carbocycles. The molecule has 0 unspecified atom stereocenters. The van der Waals surface area contributed by atoms with Crippen LogP contribution >= 0.6 is 0 Å². The van der Waals surface area contributed by atoms with Crippen molar-refractivity contribution in [3.8, 4) is 5.69 Å². The van der Waals surface area contributed by atoms with Crippen molar-refractivity contribution in [3.05, 3.63) is 47.8 Å². The fraction of sp³-hybridized carbons (Fsp3) is 0.125. The third-order valence-corrected chi connectivity index (χ3v) is 4.05. The average Bonchev–Trinajstić information content (AvgIpc) is 3.12. The molecular weight excluding hydrogens is 351 g/mol. The van der Waals surface area contributed by atoms with Crippen LogP contribution in [-0.2, 0) is 13.2 Å². The van der Waals surface area contributed by atoms with Gasteiger partial charge in [0.05, 0.1) is 23.0 Å². The highest BCUT2D eigenvalue weighted by Gasteiger charge is 2.32. The molecule has 0 saturated heterocycles. The zero-order chi connectivity index (χ0) is 18.6. The van der Waals surface area contributed by atoms with E-state index in [-0.39, 0.29) is 5.56 Å². The van der Waals surface area contributed by atoms with Gasteiger partial charge in [-0.2, -0.15) is 13.2 Å². The zero-order valence-corrected chi connectivity index (χ0v) is 13.2. The van der Waals surface area contributed by atoms with Crippen LogP contribution in [0.15, 0.2) is 36.5 Å². The first-order valence-electron chi connectivity index (χ1n) is 7.38. The molecule has 3 aromatic heterocycles. The summed E-state index contributed by atoms with van der Waals surface area (Å²) in [5, 5.41) is 17.7. The lowest BCUT2D eigenvalue weighted by Gasteiger charge is -2.10. The number of hydrogen-bond donors (Lipinski definition) is 1. The minimum Gasteiger partial charge on any atom is -0.478 e. The normalized spacial score (nSPS) is 12.2. The van der Waals surface area contributed by atoms with E-state index in [1.807, 2.05) is 0 Å². The highest BCUT2D eigenvalue weighted by molar-refractivity contribution is 6.08. The first-order chi connectivity index (χ1) is 12.3. The summed E-state index contributed by atoms with van der Waals surface area (Å²) < 4.78 is 41.4. The van der Waals surface area contributed by atoms with Crippen LogP contribution in [0.4, 0.5) is 13.2 Å². The maximum absolute atomic E-state index is 12.8. The van der Waals surface area contributed by atoms with Gasteiger partial charge in [-0.1, -0.05) is 5.21 Å². The summed E-state index contributed by atoms with van der Waals surface area (Å²) in [6, 6.07) is 6.65. The Kier molecular flexibility index (Phi) is 3.26. The van der Waals surface area contributed by atoms with Gasteiger partial charge in [-0.15, -0.1) is 5.10 Å². The number of halogens is 3. The van der Waals surface area contributed by atoms with Crippen molar-refractivity contribution in [2.45, 2.75) is 6.18 Å². The summed E-state index contributed by atoms with van der Waals surface area (Å²) in [5.41, 5.74) is 1.02. The smallest absolute Gasteiger partial charge is 0.433 e. The Morgan fingerprint density at radius 2 is 1.96 bits per heavy atom. The molecule has 0 bridgehead atoms. The Morgan fingerprint density at radius 3 is 2.58 bits per heavy atom. The van der Waals surface area contributed by atoms with E-state index in [1.165, 1.54) is 22.9 Å². The van der Waals surface area contributed by atoms with Crippen molar-refractivity contribution in [3.63, 3.8) is 0 Å². The molecule has 0 saturated carbocycles. The van der Waals surface area contributed by atoms with Crippen LogP contribution in [0.1, 0.15) is 16.1 Å². The highest BCUT2D eigenvalue weighted by atomic mass is 19.4. The molecule has 0 fully saturated rings. The number of aryl methyl sites for hydroxylation is 1. The third-order valence-electron chi connectivity index (χ3n) is 4.05. The van der Waals surface area contributed by atoms with Crippen molar-refractivity contribution in [1.29, 1.82) is 0 Å². The number of aromatic nitrogens is 5. The molecule has 0 aliphatic rings. The van der Waals surface area contributed by atoms with Gasteiger partial charge in [-0.3, -0.25) is 4.57 Å². The molecule has 1 N–H and O–H groups in total. The van der Waals surface area contributed by atoms with Crippen LogP contribution < -0.4 is 0 Å². The Bertz CT molecular complexity index is 1160. The van der Waals surface area contributed by atoms with Crippen molar-refractivity contribution in [1.82, 2.24) is 24.5 Å². The first kappa shape index (κ1) is 16.1. The fourth-order valence-electron chi connectivity index (χ4n) is 2.89. The van der Waals surface area contributed by atoms with Crippen LogP contribution in [-0.4, -0.2) is 35.6 Å². The summed E-state index contributed by atoms with van der Waals surface area (Å²) in [6.45, 7) is 0. The van der Waals surface area contributed by atoms with Crippen LogP contribution in [0.25, 0.3) is 27.8 Å². The summed E-state index contributed by atoms with van der Waals surface area (Å²) in [6.07, 6.45) is -3.42. The predicted octanol–water partition coefficient (Wildman–Crippen LogP) is 3.02. The van der Waals surface area contributed by atoms with E-state index in [4.69, 9.17) is 0 Å². The Morgan fingerprint density at radius 1 is 1.19 bits per heavy atom. The van der Waals surface area contributed by atoms with E-state index in [0.29, 0.717) is 27.8 Å². The van der Waals surface area contributed by atoms with E-state index in [0.717, 1.165) is 12.3 Å². The largest absolute Gasteiger partial charge is 0.478 e. The van der Waals surface area contributed by atoms with Gasteiger partial charge in [0.25, 0.3) is 0 Å². The number of nitrogens with zero attached hydrogens (tertiary/aromatic N) is 5. The lowest BCUT2D eigenvalue weighted by atomic mass is 10.1. The number of benzene rings is 1. The second-order valence-corrected chi connectivity index (χ2v) is 5.66. The lowest BCUT2D eigenvalue weighted by molar-refractivity contribution is -0.141. The van der Waals surface area contributed by atoms with Gasteiger partial charge in [0.2, 0.25) is 0 Å². The number of carboxylic acids is 1. The molecule has 0 spiro atoms. The number of aromatic carboxylic acids is 1. The quantitative estimate of drug-likeness (QED) is 0.593. The number of fused-ring (bicyclic) bond motifs is 3. The van der Waals surface area contributed by atoms with Crippen molar-refractivity contribution < 1.29 is 23.1 Å². The second kappa shape index (κ2) is 5.28. The first-order valence-corrected chi connectivity index (χ1v) is 7.38. The van der Waals surface area contributed by atoms with E-state index in [1.54, 1.807) is 17.7 Å². The summed E-state index contributed by atoms with van der Waals surface area (Å²) >= 11 is 0. The van der Waals surface area contributed by atoms with Gasteiger partial charge in [0.1, 0.15) is 11.2 Å². The molecule has 132 valence electrons. The minimum absolute atomic E-state index is 0.0766. The number of hydrogen-bond acceptors (Lipinski definition) is 4. The highest BCUT2D eigenvalue weighted by Crippen LogP contribution is 2.32. The Balaban J connectivity index is 2.01. The van der Waals surface area contributed by atoms with Crippen LogP contribution in [0, 0.1) is 0 Å². The monoisotopic (exact) mass is 361 g/mol. The van der Waals surface area contributed by atoms with Gasteiger partial charge < -0.3 is 5.11 Å². The Labute approximate surface area is 143 Å². The Hall–Kier alpha value is -3.43. The molecule has 3 heterocycles. The predicted molar refractivity (Wildman–Crippen MR) is 85.1 cm³/mol. The number of pyridine rings is 1. The van der Waals surface area contributed by atoms with E-state index in [9.17, 15) is 23.1 Å². The van der Waals surface area contributed by atoms with Crippen LogP contribution in [0.5, 0.6) is 0 Å². The second-order valence-electron chi connectivity index (χ2n) is 5.66. The molecule has 10 heteroatoms. The fourth-order valence-corrected chi connectivity index (χ4v) is 2.89. The molecule has 0 amide bonds.